The van der Waals surface area contributed by atoms with Gasteiger partial charge in [-0.3, -0.25) is 0 Å². The predicted molar refractivity (Wildman–Crippen MR) is 69.0 cm³/mol. The van der Waals surface area contributed by atoms with Crippen LogP contribution in [0.1, 0.15) is 5.01 Å². The molecule has 0 fully saturated rings. The Morgan fingerprint density at radius 1 is 1.44 bits per heavy atom. The molecule has 0 unspecified atom stereocenters. The van der Waals surface area contributed by atoms with Crippen LogP contribution in [-0.2, 0) is 6.42 Å². The third kappa shape index (κ3) is 3.13. The van der Waals surface area contributed by atoms with Gasteiger partial charge in [0.15, 0.2) is 0 Å². The predicted octanol–water partition coefficient (Wildman–Crippen LogP) is 3.00. The minimum absolute atomic E-state index is 0.236. The van der Waals surface area contributed by atoms with Gasteiger partial charge in [0, 0.05) is 30.7 Å². The van der Waals surface area contributed by atoms with Crippen LogP contribution in [0, 0.1) is 0 Å². The lowest BCUT2D eigenvalue weighted by molar-refractivity contribution is 0.979. The largest absolute Gasteiger partial charge is 0.369 e. The summed E-state index contributed by atoms with van der Waals surface area (Å²) >= 11 is 10.7. The molecule has 2 rings (SSSR count). The first-order valence-electron chi connectivity index (χ1n) is 4.56. The quantitative estimate of drug-likeness (QED) is 0.880. The molecule has 0 aromatic carbocycles. The van der Waals surface area contributed by atoms with Gasteiger partial charge in [0.25, 0.3) is 0 Å². The van der Waals surface area contributed by atoms with Crippen LogP contribution in [0.25, 0.3) is 0 Å². The fourth-order valence-corrected chi connectivity index (χ4v) is 2.22. The van der Waals surface area contributed by atoms with Crippen LogP contribution >= 0.6 is 38.9 Å². The second-order valence-corrected chi connectivity index (χ2v) is 5.11. The summed E-state index contributed by atoms with van der Waals surface area (Å²) < 4.78 is 0.802. The summed E-state index contributed by atoms with van der Waals surface area (Å²) in [6, 6.07) is 0. The van der Waals surface area contributed by atoms with E-state index in [1.807, 2.05) is 5.38 Å². The van der Waals surface area contributed by atoms with Crippen LogP contribution in [0.15, 0.2) is 22.2 Å². The van der Waals surface area contributed by atoms with Crippen LogP contribution < -0.4 is 5.32 Å². The Labute approximate surface area is 110 Å². The molecule has 0 saturated heterocycles. The van der Waals surface area contributed by atoms with E-state index in [2.05, 4.69) is 36.2 Å². The fourth-order valence-electron chi connectivity index (χ4n) is 1.13. The summed E-state index contributed by atoms with van der Waals surface area (Å²) in [5, 5.41) is 6.48. The first-order chi connectivity index (χ1) is 7.75. The number of nitrogens with zero attached hydrogens (tertiary/aromatic N) is 3. The first kappa shape index (κ1) is 11.8. The topological polar surface area (TPSA) is 50.7 Å². The summed E-state index contributed by atoms with van der Waals surface area (Å²) in [5.74, 6) is 0.705. The van der Waals surface area contributed by atoms with Gasteiger partial charge in [-0.15, -0.1) is 11.3 Å². The third-order valence-corrected chi connectivity index (χ3v) is 3.43. The van der Waals surface area contributed by atoms with Crippen LogP contribution in [0.5, 0.6) is 0 Å². The highest BCUT2D eigenvalue weighted by Gasteiger charge is 2.03. The maximum Gasteiger partial charge on any atom is 0.224 e. The van der Waals surface area contributed by atoms with E-state index in [1.165, 1.54) is 0 Å². The van der Waals surface area contributed by atoms with Gasteiger partial charge in [0.1, 0.15) is 5.82 Å². The molecule has 16 heavy (non-hydrogen) atoms. The number of thiazole rings is 1. The van der Waals surface area contributed by atoms with Gasteiger partial charge in [0.05, 0.1) is 9.48 Å². The number of anilines is 1. The van der Waals surface area contributed by atoms with Gasteiger partial charge in [-0.05, 0) is 27.5 Å². The molecule has 4 nitrogen and oxygen atoms in total. The molecule has 7 heteroatoms. The fraction of sp³-hybridized carbons (Fsp3) is 0.222. The molecular formula is C9H8BrClN4S. The van der Waals surface area contributed by atoms with E-state index >= 15 is 0 Å². The zero-order chi connectivity index (χ0) is 11.4. The normalized spacial score (nSPS) is 10.4. The SMILES string of the molecule is Clc1ncc(Br)c(NCCc2nccs2)n1. The summed E-state index contributed by atoms with van der Waals surface area (Å²) in [4.78, 5) is 12.1. The van der Waals surface area contributed by atoms with E-state index in [4.69, 9.17) is 11.6 Å². The Morgan fingerprint density at radius 3 is 3.06 bits per heavy atom. The zero-order valence-electron chi connectivity index (χ0n) is 8.15. The summed E-state index contributed by atoms with van der Waals surface area (Å²) in [7, 11) is 0. The average Bonchev–Trinajstić information content (AvgIpc) is 2.76. The van der Waals surface area contributed by atoms with Gasteiger partial charge in [-0.1, -0.05) is 0 Å². The molecule has 0 amide bonds. The molecule has 0 spiro atoms. The lowest BCUT2D eigenvalue weighted by Gasteiger charge is -2.05. The molecule has 2 aromatic heterocycles. The molecule has 0 bridgehead atoms. The van der Waals surface area contributed by atoms with E-state index in [0.717, 1.165) is 22.4 Å². The van der Waals surface area contributed by atoms with Gasteiger partial charge in [0.2, 0.25) is 5.28 Å². The average molecular weight is 320 g/mol. The Hall–Kier alpha value is -0.720. The molecule has 0 radical (unpaired) electrons. The van der Waals surface area contributed by atoms with E-state index in [-0.39, 0.29) is 5.28 Å². The van der Waals surface area contributed by atoms with Crippen molar-refractivity contribution in [1.29, 1.82) is 0 Å². The first-order valence-corrected chi connectivity index (χ1v) is 6.61. The minimum Gasteiger partial charge on any atom is -0.369 e. The van der Waals surface area contributed by atoms with E-state index < -0.39 is 0 Å². The number of rotatable bonds is 4. The Balaban J connectivity index is 1.92. The number of halogens is 2. The number of aromatic nitrogens is 3. The van der Waals surface area contributed by atoms with Crippen molar-refractivity contribution in [3.8, 4) is 0 Å². The van der Waals surface area contributed by atoms with Gasteiger partial charge >= 0.3 is 0 Å². The highest BCUT2D eigenvalue weighted by Crippen LogP contribution is 2.20. The highest BCUT2D eigenvalue weighted by molar-refractivity contribution is 9.10. The van der Waals surface area contributed by atoms with Crippen molar-refractivity contribution >= 4 is 44.7 Å². The molecule has 0 aliphatic rings. The second-order valence-electron chi connectivity index (χ2n) is 2.94. The number of hydrogen-bond donors (Lipinski definition) is 1. The van der Waals surface area contributed by atoms with Crippen molar-refractivity contribution in [3.05, 3.63) is 32.5 Å². The van der Waals surface area contributed by atoms with Crippen LogP contribution in [-0.4, -0.2) is 21.5 Å². The molecule has 84 valence electrons. The standard InChI is InChI=1S/C9H8BrClN4S/c10-6-5-14-9(11)15-8(6)13-2-1-7-12-3-4-16-7/h3-5H,1-2H2,(H,13,14,15). The third-order valence-electron chi connectivity index (χ3n) is 1.83. The second kappa shape index (κ2) is 5.56. The van der Waals surface area contributed by atoms with Gasteiger partial charge in [-0.2, -0.15) is 4.98 Å². The molecule has 0 aliphatic carbocycles. The zero-order valence-corrected chi connectivity index (χ0v) is 11.3. The van der Waals surface area contributed by atoms with E-state index in [0.29, 0.717) is 5.82 Å². The van der Waals surface area contributed by atoms with Crippen LogP contribution in [0.4, 0.5) is 5.82 Å². The highest BCUT2D eigenvalue weighted by atomic mass is 79.9. The van der Waals surface area contributed by atoms with Crippen LogP contribution in [0.3, 0.4) is 0 Å². The summed E-state index contributed by atoms with van der Waals surface area (Å²) in [5.41, 5.74) is 0. The summed E-state index contributed by atoms with van der Waals surface area (Å²) in [6.07, 6.45) is 4.30. The van der Waals surface area contributed by atoms with Crippen molar-refractivity contribution in [3.63, 3.8) is 0 Å². The van der Waals surface area contributed by atoms with Crippen molar-refractivity contribution in [2.75, 3.05) is 11.9 Å². The molecular weight excluding hydrogens is 312 g/mol. The van der Waals surface area contributed by atoms with Crippen LogP contribution in [0.2, 0.25) is 5.28 Å². The monoisotopic (exact) mass is 318 g/mol. The smallest absolute Gasteiger partial charge is 0.224 e. The van der Waals surface area contributed by atoms with Gasteiger partial charge in [-0.25, -0.2) is 9.97 Å². The Morgan fingerprint density at radius 2 is 2.31 bits per heavy atom. The van der Waals surface area contributed by atoms with E-state index in [9.17, 15) is 0 Å². The summed E-state index contributed by atoms with van der Waals surface area (Å²) in [6.45, 7) is 0.763. The van der Waals surface area contributed by atoms with Crippen molar-refractivity contribution in [2.45, 2.75) is 6.42 Å². The lowest BCUT2D eigenvalue weighted by Crippen LogP contribution is -2.07. The lowest BCUT2D eigenvalue weighted by atomic mass is 10.4. The van der Waals surface area contributed by atoms with Gasteiger partial charge < -0.3 is 5.32 Å². The molecule has 0 saturated carbocycles. The number of hydrogen-bond acceptors (Lipinski definition) is 5. The van der Waals surface area contributed by atoms with E-state index in [1.54, 1.807) is 23.7 Å². The molecule has 0 atom stereocenters. The Bertz CT molecular complexity index is 463. The number of nitrogens with one attached hydrogen (secondary N) is 1. The molecule has 0 aliphatic heterocycles. The maximum absolute atomic E-state index is 5.70. The minimum atomic E-state index is 0.236. The maximum atomic E-state index is 5.70. The van der Waals surface area contributed by atoms with Crippen molar-refractivity contribution in [1.82, 2.24) is 15.0 Å². The molecule has 2 heterocycles. The molecule has 2 aromatic rings. The molecule has 1 N–H and O–H groups in total. The van der Waals surface area contributed by atoms with Crippen molar-refractivity contribution in [2.24, 2.45) is 0 Å². The van der Waals surface area contributed by atoms with Crippen molar-refractivity contribution < 1.29 is 0 Å². The Kier molecular flexibility index (Phi) is 4.09.